The van der Waals surface area contributed by atoms with E-state index in [1.54, 1.807) is 19.4 Å². The summed E-state index contributed by atoms with van der Waals surface area (Å²) in [7, 11) is 1.60. The van der Waals surface area contributed by atoms with Gasteiger partial charge in [0.05, 0.1) is 13.2 Å². The molecule has 1 aromatic rings. The number of carbonyl (C=O) groups is 1. The average molecular weight is 318 g/mol. The third-order valence-corrected chi connectivity index (χ3v) is 4.75. The Labute approximate surface area is 137 Å². The number of methoxy groups -OCH3 is 1. The molecule has 2 heterocycles. The van der Waals surface area contributed by atoms with Crippen LogP contribution in [0.5, 0.6) is 5.88 Å². The molecule has 2 fully saturated rings. The van der Waals surface area contributed by atoms with Crippen molar-refractivity contribution in [2.24, 2.45) is 11.8 Å². The van der Waals surface area contributed by atoms with Gasteiger partial charge in [-0.3, -0.25) is 4.79 Å². The second kappa shape index (κ2) is 6.72. The quantitative estimate of drug-likeness (QED) is 0.830. The summed E-state index contributed by atoms with van der Waals surface area (Å²) in [5.74, 6) is 2.59. The number of carbonyl (C=O) groups excluding carboxylic acids is 1. The van der Waals surface area contributed by atoms with Gasteiger partial charge in [-0.25, -0.2) is 4.98 Å². The summed E-state index contributed by atoms with van der Waals surface area (Å²) in [5.41, 5.74) is 0. The number of rotatable bonds is 5. The van der Waals surface area contributed by atoms with Crippen molar-refractivity contribution in [1.82, 2.24) is 14.9 Å². The van der Waals surface area contributed by atoms with E-state index in [1.807, 2.05) is 0 Å². The highest BCUT2D eigenvalue weighted by Gasteiger charge is 2.36. The van der Waals surface area contributed by atoms with E-state index in [0.717, 1.165) is 13.1 Å². The smallest absolute Gasteiger partial charge is 0.228 e. The van der Waals surface area contributed by atoms with Gasteiger partial charge in [0.2, 0.25) is 17.7 Å². The maximum absolute atomic E-state index is 12.6. The number of anilines is 1. The molecule has 0 radical (unpaired) electrons. The number of ether oxygens (including phenoxy) is 1. The van der Waals surface area contributed by atoms with Crippen LogP contribution in [0.15, 0.2) is 12.3 Å². The van der Waals surface area contributed by atoms with E-state index < -0.39 is 0 Å². The second-order valence-electron chi connectivity index (χ2n) is 6.90. The summed E-state index contributed by atoms with van der Waals surface area (Å²) < 4.78 is 5.20. The van der Waals surface area contributed by atoms with Gasteiger partial charge in [-0.15, -0.1) is 0 Å². The molecule has 6 heteroatoms. The Morgan fingerprint density at radius 1 is 1.39 bits per heavy atom. The van der Waals surface area contributed by atoms with E-state index in [1.165, 1.54) is 12.8 Å². The fourth-order valence-corrected chi connectivity index (χ4v) is 3.14. The SMILES string of the molecule is COc1ccnc(N2CCC(=O)N(CC3CC3)[C@H](C(C)C)C2)n1. The van der Waals surface area contributed by atoms with E-state index in [2.05, 4.69) is 33.6 Å². The lowest BCUT2D eigenvalue weighted by Gasteiger charge is -2.34. The van der Waals surface area contributed by atoms with Crippen LogP contribution in [-0.2, 0) is 4.79 Å². The van der Waals surface area contributed by atoms with Crippen molar-refractivity contribution in [2.45, 2.75) is 39.2 Å². The third kappa shape index (κ3) is 3.74. The lowest BCUT2D eigenvalue weighted by Crippen LogP contribution is -2.47. The maximum Gasteiger partial charge on any atom is 0.228 e. The summed E-state index contributed by atoms with van der Waals surface area (Å²) in [4.78, 5) is 25.7. The zero-order valence-corrected chi connectivity index (χ0v) is 14.2. The summed E-state index contributed by atoms with van der Waals surface area (Å²) in [6.07, 6.45) is 4.76. The first-order chi connectivity index (χ1) is 11.1. The van der Waals surface area contributed by atoms with Crippen LogP contribution < -0.4 is 9.64 Å². The fourth-order valence-electron chi connectivity index (χ4n) is 3.14. The predicted molar refractivity (Wildman–Crippen MR) is 88.5 cm³/mol. The molecule has 0 unspecified atom stereocenters. The minimum Gasteiger partial charge on any atom is -0.481 e. The number of hydrogen-bond donors (Lipinski definition) is 0. The number of aromatic nitrogens is 2. The minimum atomic E-state index is 0.209. The van der Waals surface area contributed by atoms with E-state index in [9.17, 15) is 4.79 Å². The molecule has 23 heavy (non-hydrogen) atoms. The number of nitrogens with zero attached hydrogens (tertiary/aromatic N) is 4. The summed E-state index contributed by atoms with van der Waals surface area (Å²) >= 11 is 0. The van der Waals surface area contributed by atoms with Crippen LogP contribution in [0.3, 0.4) is 0 Å². The van der Waals surface area contributed by atoms with E-state index >= 15 is 0 Å². The Bertz CT molecular complexity index is 559. The van der Waals surface area contributed by atoms with Gasteiger partial charge in [0.1, 0.15) is 0 Å². The first kappa shape index (κ1) is 16.0. The molecule has 1 saturated heterocycles. The molecular formula is C17H26N4O2. The van der Waals surface area contributed by atoms with Crippen molar-refractivity contribution in [3.8, 4) is 5.88 Å². The van der Waals surface area contributed by atoms with Crippen LogP contribution in [0, 0.1) is 11.8 Å². The first-order valence-electron chi connectivity index (χ1n) is 8.50. The van der Waals surface area contributed by atoms with Crippen molar-refractivity contribution in [2.75, 3.05) is 31.6 Å². The third-order valence-electron chi connectivity index (χ3n) is 4.75. The fraction of sp³-hybridized carbons (Fsp3) is 0.706. The first-order valence-corrected chi connectivity index (χ1v) is 8.50. The maximum atomic E-state index is 12.6. The molecule has 1 aliphatic heterocycles. The number of hydrogen-bond acceptors (Lipinski definition) is 5. The topological polar surface area (TPSA) is 58.6 Å². The van der Waals surface area contributed by atoms with Crippen molar-refractivity contribution in [3.05, 3.63) is 12.3 Å². The standard InChI is InChI=1S/C17H26N4O2/c1-12(2)14-11-20(17-18-8-6-15(19-17)23-3)9-7-16(22)21(14)10-13-4-5-13/h6,8,12-14H,4-5,7,9-11H2,1-3H3/t14-/m0/s1. The Kier molecular flexibility index (Phi) is 4.68. The Morgan fingerprint density at radius 2 is 2.17 bits per heavy atom. The molecule has 0 bridgehead atoms. The lowest BCUT2D eigenvalue weighted by molar-refractivity contribution is -0.133. The predicted octanol–water partition coefficient (Wildman–Crippen LogP) is 1.96. The molecule has 1 atom stereocenters. The van der Waals surface area contributed by atoms with Crippen molar-refractivity contribution >= 4 is 11.9 Å². The van der Waals surface area contributed by atoms with Crippen LogP contribution in [0.2, 0.25) is 0 Å². The molecule has 0 spiro atoms. The van der Waals surface area contributed by atoms with Crippen LogP contribution in [0.25, 0.3) is 0 Å². The lowest BCUT2D eigenvalue weighted by atomic mass is 10.0. The van der Waals surface area contributed by atoms with Crippen LogP contribution in [-0.4, -0.2) is 53.6 Å². The molecule has 1 aliphatic carbocycles. The van der Waals surface area contributed by atoms with E-state index in [-0.39, 0.29) is 11.9 Å². The van der Waals surface area contributed by atoms with Gasteiger partial charge in [-0.1, -0.05) is 13.8 Å². The largest absolute Gasteiger partial charge is 0.481 e. The van der Waals surface area contributed by atoms with E-state index in [0.29, 0.717) is 36.6 Å². The summed E-state index contributed by atoms with van der Waals surface area (Å²) in [6.45, 7) is 6.73. The zero-order valence-electron chi connectivity index (χ0n) is 14.2. The van der Waals surface area contributed by atoms with Crippen molar-refractivity contribution < 1.29 is 9.53 Å². The van der Waals surface area contributed by atoms with Crippen molar-refractivity contribution in [3.63, 3.8) is 0 Å². The van der Waals surface area contributed by atoms with Crippen molar-refractivity contribution in [1.29, 1.82) is 0 Å². The van der Waals surface area contributed by atoms with Gasteiger partial charge in [-0.05, 0) is 24.7 Å². The highest BCUT2D eigenvalue weighted by atomic mass is 16.5. The monoisotopic (exact) mass is 318 g/mol. The minimum absolute atomic E-state index is 0.209. The van der Waals surface area contributed by atoms with E-state index in [4.69, 9.17) is 4.74 Å². The molecule has 0 N–H and O–H groups in total. The Balaban J connectivity index is 1.81. The molecule has 1 saturated carbocycles. The molecule has 0 aromatic carbocycles. The molecule has 126 valence electrons. The molecular weight excluding hydrogens is 292 g/mol. The normalized spacial score (nSPS) is 22.4. The Hall–Kier alpha value is -1.85. The van der Waals surface area contributed by atoms with Gasteiger partial charge in [0, 0.05) is 38.3 Å². The van der Waals surface area contributed by atoms with Gasteiger partial charge in [0.25, 0.3) is 0 Å². The summed E-state index contributed by atoms with van der Waals surface area (Å²) in [5, 5.41) is 0. The molecule has 3 rings (SSSR count). The van der Waals surface area contributed by atoms with Crippen LogP contribution in [0.4, 0.5) is 5.95 Å². The van der Waals surface area contributed by atoms with Crippen LogP contribution in [0.1, 0.15) is 33.1 Å². The van der Waals surface area contributed by atoms with Gasteiger partial charge in [-0.2, -0.15) is 4.98 Å². The molecule has 1 amide bonds. The van der Waals surface area contributed by atoms with Crippen LogP contribution >= 0.6 is 0 Å². The number of amides is 1. The second-order valence-corrected chi connectivity index (χ2v) is 6.90. The van der Waals surface area contributed by atoms with Gasteiger partial charge in [0.15, 0.2) is 0 Å². The highest BCUT2D eigenvalue weighted by molar-refractivity contribution is 5.78. The molecule has 1 aromatic heterocycles. The van der Waals surface area contributed by atoms with Gasteiger partial charge < -0.3 is 14.5 Å². The summed E-state index contributed by atoms with van der Waals surface area (Å²) in [6, 6.07) is 1.95. The molecule has 6 nitrogen and oxygen atoms in total. The zero-order chi connectivity index (χ0) is 16.4. The highest BCUT2D eigenvalue weighted by Crippen LogP contribution is 2.32. The average Bonchev–Trinajstić information content (AvgIpc) is 3.37. The van der Waals surface area contributed by atoms with Gasteiger partial charge >= 0.3 is 0 Å². The molecule has 2 aliphatic rings. The Morgan fingerprint density at radius 3 is 2.83 bits per heavy atom.